The fraction of sp³-hybridized carbons (Fsp3) is 0.333. The monoisotopic (exact) mass is 288 g/mol. The van der Waals surface area contributed by atoms with Gasteiger partial charge in [-0.1, -0.05) is 29.5 Å². The van der Waals surface area contributed by atoms with E-state index >= 15 is 0 Å². The predicted octanol–water partition coefficient (Wildman–Crippen LogP) is 3.94. The van der Waals surface area contributed by atoms with Gasteiger partial charge in [0.1, 0.15) is 4.88 Å². The summed E-state index contributed by atoms with van der Waals surface area (Å²) in [5.41, 5.74) is 1.87. The Hall–Kier alpha value is -1.88. The van der Waals surface area contributed by atoms with E-state index in [0.29, 0.717) is 17.4 Å². The molecule has 0 bridgehead atoms. The molecule has 1 aliphatic carbocycles. The van der Waals surface area contributed by atoms with Crippen molar-refractivity contribution in [1.82, 2.24) is 4.98 Å². The van der Waals surface area contributed by atoms with Gasteiger partial charge in [0.2, 0.25) is 0 Å². The number of anilines is 2. The molecule has 3 rings (SSSR count). The first-order chi connectivity index (χ1) is 9.78. The summed E-state index contributed by atoms with van der Waals surface area (Å²) in [6.07, 6.45) is 2.22. The fourth-order valence-corrected chi connectivity index (χ4v) is 2.97. The molecule has 2 aromatic rings. The molecule has 0 atom stereocenters. The molecule has 4 nitrogen and oxygen atoms in total. The lowest BCUT2D eigenvalue weighted by Gasteiger charge is -2.00. The van der Waals surface area contributed by atoms with Crippen LogP contribution in [0.5, 0.6) is 0 Å². The number of aromatic nitrogens is 1. The van der Waals surface area contributed by atoms with E-state index in [9.17, 15) is 4.79 Å². The third-order valence-electron chi connectivity index (χ3n) is 3.10. The van der Waals surface area contributed by atoms with E-state index in [1.807, 2.05) is 37.3 Å². The summed E-state index contributed by atoms with van der Waals surface area (Å²) in [6, 6.07) is 9.84. The summed E-state index contributed by atoms with van der Waals surface area (Å²) in [5, 5.41) is 4.00. The van der Waals surface area contributed by atoms with Crippen molar-refractivity contribution >= 4 is 28.1 Å². The molecule has 0 unspecified atom stereocenters. The third-order valence-corrected chi connectivity index (χ3v) is 4.07. The number of ether oxygens (including phenoxy) is 1. The van der Waals surface area contributed by atoms with E-state index in [2.05, 4.69) is 10.3 Å². The molecular formula is C15H16N2O2S. The van der Waals surface area contributed by atoms with Crippen LogP contribution in [0.3, 0.4) is 0 Å². The summed E-state index contributed by atoms with van der Waals surface area (Å²) in [5.74, 6) is 0.171. The van der Waals surface area contributed by atoms with Gasteiger partial charge in [0.15, 0.2) is 5.13 Å². The molecule has 104 valence electrons. The van der Waals surface area contributed by atoms with Gasteiger partial charge in [0.25, 0.3) is 0 Å². The number of hydrogen-bond acceptors (Lipinski definition) is 5. The van der Waals surface area contributed by atoms with Crippen LogP contribution in [0.4, 0.5) is 10.8 Å². The minimum atomic E-state index is -0.256. The topological polar surface area (TPSA) is 51.2 Å². The Labute approximate surface area is 121 Å². The van der Waals surface area contributed by atoms with E-state index in [1.165, 1.54) is 11.3 Å². The Morgan fingerprint density at radius 1 is 1.40 bits per heavy atom. The number of benzene rings is 1. The van der Waals surface area contributed by atoms with Crippen molar-refractivity contribution in [3.8, 4) is 0 Å². The average molecular weight is 288 g/mol. The molecule has 5 heteroatoms. The Morgan fingerprint density at radius 2 is 2.15 bits per heavy atom. The van der Waals surface area contributed by atoms with E-state index in [4.69, 9.17) is 4.74 Å². The fourth-order valence-electron chi connectivity index (χ4n) is 2.01. The first-order valence-electron chi connectivity index (χ1n) is 6.78. The van der Waals surface area contributed by atoms with Crippen LogP contribution in [0.2, 0.25) is 0 Å². The highest BCUT2D eigenvalue weighted by Gasteiger charge is 2.32. The molecule has 0 radical (unpaired) electrons. The first-order valence-corrected chi connectivity index (χ1v) is 7.59. The van der Waals surface area contributed by atoms with E-state index in [-0.39, 0.29) is 5.97 Å². The molecule has 1 N–H and O–H groups in total. The smallest absolute Gasteiger partial charge is 0.350 e. The average Bonchev–Trinajstić information content (AvgIpc) is 3.22. The summed E-state index contributed by atoms with van der Waals surface area (Å²) >= 11 is 1.37. The summed E-state index contributed by atoms with van der Waals surface area (Å²) < 4.78 is 5.11. The van der Waals surface area contributed by atoms with Crippen molar-refractivity contribution in [2.75, 3.05) is 11.9 Å². The zero-order chi connectivity index (χ0) is 13.9. The van der Waals surface area contributed by atoms with Crippen molar-refractivity contribution in [2.45, 2.75) is 25.7 Å². The number of thiazole rings is 1. The lowest BCUT2D eigenvalue weighted by molar-refractivity contribution is 0.0530. The summed E-state index contributed by atoms with van der Waals surface area (Å²) in [4.78, 5) is 17.2. The molecule has 0 aliphatic heterocycles. The number of carbonyl (C=O) groups is 1. The molecule has 1 heterocycles. The molecule has 1 aliphatic rings. The van der Waals surface area contributed by atoms with Crippen LogP contribution in [-0.2, 0) is 4.74 Å². The molecule has 1 saturated carbocycles. The number of para-hydroxylation sites is 1. The standard InChI is InChI=1S/C15H16N2O2S/c1-2-19-14(18)13-12(10-8-9-10)17-15(20-13)16-11-6-4-3-5-7-11/h3-7,10H,2,8-9H2,1H3,(H,16,17). The van der Waals surface area contributed by atoms with Crippen molar-refractivity contribution < 1.29 is 9.53 Å². The van der Waals surface area contributed by atoms with Crippen LogP contribution >= 0.6 is 11.3 Å². The number of carbonyl (C=O) groups excluding carboxylic acids is 1. The van der Waals surface area contributed by atoms with E-state index < -0.39 is 0 Å². The molecule has 20 heavy (non-hydrogen) atoms. The minimum Gasteiger partial charge on any atom is -0.462 e. The minimum absolute atomic E-state index is 0.256. The van der Waals surface area contributed by atoms with Gasteiger partial charge < -0.3 is 10.1 Å². The van der Waals surface area contributed by atoms with E-state index in [1.54, 1.807) is 0 Å². The largest absolute Gasteiger partial charge is 0.462 e. The highest BCUT2D eigenvalue weighted by atomic mass is 32.1. The maximum Gasteiger partial charge on any atom is 0.350 e. The Bertz CT molecular complexity index is 606. The maximum absolute atomic E-state index is 12.0. The lowest BCUT2D eigenvalue weighted by Crippen LogP contribution is -2.05. The van der Waals surface area contributed by atoms with Crippen LogP contribution in [0, 0.1) is 0 Å². The molecule has 0 spiro atoms. The zero-order valence-corrected chi connectivity index (χ0v) is 12.1. The maximum atomic E-state index is 12.0. The van der Waals surface area contributed by atoms with Crippen molar-refractivity contribution in [2.24, 2.45) is 0 Å². The zero-order valence-electron chi connectivity index (χ0n) is 11.3. The third kappa shape index (κ3) is 2.82. The molecule has 1 fully saturated rings. The SMILES string of the molecule is CCOC(=O)c1sc(Nc2ccccc2)nc1C1CC1. The molecule has 0 saturated heterocycles. The molecule has 1 aromatic carbocycles. The highest BCUT2D eigenvalue weighted by Crippen LogP contribution is 2.44. The van der Waals surface area contributed by atoms with Gasteiger partial charge in [-0.2, -0.15) is 0 Å². The van der Waals surface area contributed by atoms with Gasteiger partial charge in [-0.05, 0) is 31.9 Å². The quantitative estimate of drug-likeness (QED) is 0.847. The Kier molecular flexibility index (Phi) is 3.69. The first kappa shape index (κ1) is 13.1. The molecular weight excluding hydrogens is 272 g/mol. The van der Waals surface area contributed by atoms with Gasteiger partial charge in [0.05, 0.1) is 12.3 Å². The predicted molar refractivity (Wildman–Crippen MR) is 79.8 cm³/mol. The van der Waals surface area contributed by atoms with Crippen LogP contribution < -0.4 is 5.32 Å². The second-order valence-corrected chi connectivity index (χ2v) is 5.72. The van der Waals surface area contributed by atoms with Crippen LogP contribution in [0.25, 0.3) is 0 Å². The highest BCUT2D eigenvalue weighted by molar-refractivity contribution is 7.17. The van der Waals surface area contributed by atoms with Crippen molar-refractivity contribution in [3.05, 3.63) is 40.9 Å². The molecule has 0 amide bonds. The van der Waals surface area contributed by atoms with Crippen LogP contribution in [-0.4, -0.2) is 17.6 Å². The normalized spacial score (nSPS) is 14.1. The second kappa shape index (κ2) is 5.63. The van der Waals surface area contributed by atoms with Gasteiger partial charge in [-0.15, -0.1) is 0 Å². The van der Waals surface area contributed by atoms with Crippen LogP contribution in [0.15, 0.2) is 30.3 Å². The number of esters is 1. The number of nitrogens with zero attached hydrogens (tertiary/aromatic N) is 1. The van der Waals surface area contributed by atoms with Crippen LogP contribution in [0.1, 0.15) is 41.0 Å². The van der Waals surface area contributed by atoms with Gasteiger partial charge >= 0.3 is 5.97 Å². The van der Waals surface area contributed by atoms with Gasteiger partial charge in [-0.3, -0.25) is 0 Å². The Morgan fingerprint density at radius 3 is 2.80 bits per heavy atom. The van der Waals surface area contributed by atoms with Gasteiger partial charge in [0, 0.05) is 11.6 Å². The number of hydrogen-bond donors (Lipinski definition) is 1. The number of nitrogens with one attached hydrogen (secondary N) is 1. The Balaban J connectivity index is 1.85. The molecule has 1 aromatic heterocycles. The lowest BCUT2D eigenvalue weighted by atomic mass is 10.2. The number of rotatable bonds is 5. The summed E-state index contributed by atoms with van der Waals surface area (Å²) in [7, 11) is 0. The van der Waals surface area contributed by atoms with Crippen molar-refractivity contribution in [3.63, 3.8) is 0 Å². The van der Waals surface area contributed by atoms with E-state index in [0.717, 1.165) is 29.4 Å². The second-order valence-electron chi connectivity index (χ2n) is 4.72. The van der Waals surface area contributed by atoms with Crippen molar-refractivity contribution in [1.29, 1.82) is 0 Å². The van der Waals surface area contributed by atoms with Gasteiger partial charge in [-0.25, -0.2) is 9.78 Å². The summed E-state index contributed by atoms with van der Waals surface area (Å²) in [6.45, 7) is 2.21.